The molecule has 0 fully saturated rings. The van der Waals surface area contributed by atoms with Crippen molar-refractivity contribution in [3.05, 3.63) is 11.6 Å². The summed E-state index contributed by atoms with van der Waals surface area (Å²) in [7, 11) is 0. The average Bonchev–Trinajstić information content (AvgIpc) is 2.54. The number of nitrogens with zero attached hydrogens (tertiary/aromatic N) is 1. The van der Waals surface area contributed by atoms with Crippen molar-refractivity contribution in [3.8, 4) is 0 Å². The summed E-state index contributed by atoms with van der Waals surface area (Å²) in [5, 5.41) is 17.3. The molecule has 0 spiro atoms. The quantitative estimate of drug-likeness (QED) is 0.206. The topological polar surface area (TPSA) is 65.9 Å². The molecule has 0 atom stereocenters. The van der Waals surface area contributed by atoms with Crippen LogP contribution in [0.2, 0.25) is 0 Å². The normalized spacial score (nSPS) is 15.5. The molecule has 1 aliphatic heterocycles. The van der Waals surface area contributed by atoms with E-state index in [1.54, 1.807) is 0 Å². The van der Waals surface area contributed by atoms with Crippen LogP contribution in [0.15, 0.2) is 16.6 Å². The molecule has 5 nitrogen and oxygen atoms in total. The Hall–Kier alpha value is -0.340. The van der Waals surface area contributed by atoms with Crippen molar-refractivity contribution in [3.63, 3.8) is 0 Å². The van der Waals surface area contributed by atoms with Crippen molar-refractivity contribution >= 4 is 29.9 Å². The third kappa shape index (κ3) is 9.84. The van der Waals surface area contributed by atoms with Crippen LogP contribution < -0.4 is 10.6 Å². The van der Waals surface area contributed by atoms with Crippen LogP contribution in [0, 0.1) is 0 Å². The Bertz CT molecular complexity index is 380. The Kier molecular flexibility index (Phi) is 13.7. The summed E-state index contributed by atoms with van der Waals surface area (Å²) in [4.78, 5) is 4.61. The van der Waals surface area contributed by atoms with Crippen LogP contribution in [0.3, 0.4) is 0 Å². The van der Waals surface area contributed by atoms with Crippen molar-refractivity contribution in [2.45, 2.75) is 64.9 Å². The fourth-order valence-electron chi connectivity index (χ4n) is 2.92. The molecule has 0 amide bonds. The highest BCUT2D eigenvalue weighted by molar-refractivity contribution is 14.0. The van der Waals surface area contributed by atoms with Gasteiger partial charge in [0.15, 0.2) is 5.96 Å². The second kappa shape index (κ2) is 13.9. The molecule has 3 N–H and O–H groups in total. The molecule has 142 valence electrons. The number of rotatable bonds is 10. The summed E-state index contributed by atoms with van der Waals surface area (Å²) in [5.41, 5.74) is 0.780. The molecule has 0 aromatic rings. The van der Waals surface area contributed by atoms with Crippen molar-refractivity contribution in [1.29, 1.82) is 0 Å². The van der Waals surface area contributed by atoms with Crippen molar-refractivity contribution in [1.82, 2.24) is 10.6 Å². The van der Waals surface area contributed by atoms with Gasteiger partial charge < -0.3 is 20.5 Å². The van der Waals surface area contributed by atoms with Crippen LogP contribution in [0.25, 0.3) is 0 Å². The molecular formula is C18H36IN3O2. The Morgan fingerprint density at radius 1 is 1.25 bits per heavy atom. The molecule has 0 saturated heterocycles. The number of ether oxygens (including phenoxy) is 1. The maximum atomic E-state index is 10.7. The van der Waals surface area contributed by atoms with Crippen LogP contribution in [-0.4, -0.2) is 49.5 Å². The van der Waals surface area contributed by atoms with E-state index < -0.39 is 5.60 Å². The Balaban J connectivity index is 0.00000529. The van der Waals surface area contributed by atoms with Crippen LogP contribution in [0.1, 0.15) is 59.3 Å². The Morgan fingerprint density at radius 2 is 1.96 bits per heavy atom. The minimum absolute atomic E-state index is 0. The van der Waals surface area contributed by atoms with Gasteiger partial charge in [-0.1, -0.05) is 38.3 Å². The Morgan fingerprint density at radius 3 is 2.50 bits per heavy atom. The van der Waals surface area contributed by atoms with E-state index in [9.17, 15) is 5.11 Å². The molecule has 0 unspecified atom stereocenters. The highest BCUT2D eigenvalue weighted by atomic mass is 127. The minimum atomic E-state index is -0.672. The summed E-state index contributed by atoms with van der Waals surface area (Å²) in [5.74, 6) is 0.797. The zero-order valence-corrected chi connectivity index (χ0v) is 17.9. The molecule has 24 heavy (non-hydrogen) atoms. The monoisotopic (exact) mass is 453 g/mol. The lowest BCUT2D eigenvalue weighted by Crippen LogP contribution is -2.40. The number of nitrogens with one attached hydrogen (secondary N) is 2. The lowest BCUT2D eigenvalue weighted by atomic mass is 9.93. The molecular weight excluding hydrogens is 417 g/mol. The second-order valence-corrected chi connectivity index (χ2v) is 6.28. The first kappa shape index (κ1) is 23.7. The van der Waals surface area contributed by atoms with Crippen LogP contribution >= 0.6 is 24.0 Å². The fourth-order valence-corrected chi connectivity index (χ4v) is 2.92. The fraction of sp³-hybridized carbons (Fsp3) is 0.833. The van der Waals surface area contributed by atoms with E-state index in [1.807, 2.05) is 0 Å². The number of halogens is 1. The summed E-state index contributed by atoms with van der Waals surface area (Å²) in [6.45, 7) is 9.99. The predicted octanol–water partition coefficient (Wildman–Crippen LogP) is 3.23. The lowest BCUT2D eigenvalue weighted by Gasteiger charge is -2.26. The molecule has 0 bridgehead atoms. The van der Waals surface area contributed by atoms with Crippen molar-refractivity contribution < 1.29 is 9.84 Å². The zero-order valence-electron chi connectivity index (χ0n) is 15.6. The largest absolute Gasteiger partial charge is 0.388 e. The van der Waals surface area contributed by atoms with E-state index in [-0.39, 0.29) is 24.0 Å². The highest BCUT2D eigenvalue weighted by Gasteiger charge is 2.24. The number of hydrogen-bond acceptors (Lipinski definition) is 3. The summed E-state index contributed by atoms with van der Waals surface area (Å²) < 4.78 is 5.33. The smallest absolute Gasteiger partial charge is 0.191 e. The minimum Gasteiger partial charge on any atom is -0.388 e. The molecule has 0 aromatic carbocycles. The summed E-state index contributed by atoms with van der Waals surface area (Å²) >= 11 is 0. The summed E-state index contributed by atoms with van der Waals surface area (Å²) in [6.07, 6.45) is 7.78. The second-order valence-electron chi connectivity index (χ2n) is 6.28. The molecule has 1 rings (SSSR count). The van der Waals surface area contributed by atoms with Gasteiger partial charge in [-0.15, -0.1) is 24.0 Å². The SMILES string of the molecule is CCCC(O)(CCC)CN=C(NCC)NCCC1=CCOCC1.I. The van der Waals surface area contributed by atoms with E-state index in [4.69, 9.17) is 4.74 Å². The highest BCUT2D eigenvalue weighted by Crippen LogP contribution is 2.19. The molecule has 1 heterocycles. The predicted molar refractivity (Wildman–Crippen MR) is 112 cm³/mol. The van der Waals surface area contributed by atoms with E-state index in [0.29, 0.717) is 6.54 Å². The van der Waals surface area contributed by atoms with Crippen LogP contribution in [0.4, 0.5) is 0 Å². The first-order chi connectivity index (χ1) is 11.1. The van der Waals surface area contributed by atoms with Gasteiger partial charge in [-0.3, -0.25) is 4.99 Å². The van der Waals surface area contributed by atoms with Gasteiger partial charge in [0.1, 0.15) is 0 Å². The molecule has 0 aliphatic carbocycles. The van der Waals surface area contributed by atoms with Crippen LogP contribution in [-0.2, 0) is 4.74 Å². The maximum Gasteiger partial charge on any atom is 0.191 e. The third-order valence-corrected chi connectivity index (χ3v) is 4.10. The van der Waals surface area contributed by atoms with E-state index in [0.717, 1.165) is 70.8 Å². The third-order valence-electron chi connectivity index (χ3n) is 4.10. The zero-order chi connectivity index (χ0) is 17.0. The first-order valence-corrected chi connectivity index (χ1v) is 9.13. The van der Waals surface area contributed by atoms with Crippen LogP contribution in [0.5, 0.6) is 0 Å². The molecule has 6 heteroatoms. The average molecular weight is 453 g/mol. The number of hydrogen-bond donors (Lipinski definition) is 3. The van der Waals surface area contributed by atoms with Gasteiger partial charge in [0, 0.05) is 13.1 Å². The molecule has 0 radical (unpaired) electrons. The molecule has 0 saturated carbocycles. The van der Waals surface area contributed by atoms with Gasteiger partial charge in [-0.25, -0.2) is 0 Å². The van der Waals surface area contributed by atoms with Crippen molar-refractivity contribution in [2.24, 2.45) is 4.99 Å². The first-order valence-electron chi connectivity index (χ1n) is 9.13. The number of aliphatic hydroxyl groups is 1. The summed E-state index contributed by atoms with van der Waals surface area (Å²) in [6, 6.07) is 0. The van der Waals surface area contributed by atoms with Gasteiger partial charge >= 0.3 is 0 Å². The van der Waals surface area contributed by atoms with Gasteiger partial charge in [0.25, 0.3) is 0 Å². The van der Waals surface area contributed by atoms with Crippen molar-refractivity contribution in [2.75, 3.05) is 32.8 Å². The van der Waals surface area contributed by atoms with E-state index >= 15 is 0 Å². The van der Waals surface area contributed by atoms with E-state index in [2.05, 4.69) is 42.5 Å². The molecule has 0 aromatic heterocycles. The van der Waals surface area contributed by atoms with Gasteiger partial charge in [0.05, 0.1) is 25.4 Å². The standard InChI is InChI=1S/C18H35N3O2.HI/c1-4-10-18(22,11-5-2)15-21-17(19-6-3)20-12-7-16-8-13-23-14-9-16;/h8,22H,4-7,9-15H2,1-3H3,(H2,19,20,21);1H. The van der Waals surface area contributed by atoms with Gasteiger partial charge in [-0.05, 0) is 32.6 Å². The number of aliphatic imine (C=N–C) groups is 1. The maximum absolute atomic E-state index is 10.7. The van der Waals surface area contributed by atoms with Gasteiger partial charge in [-0.2, -0.15) is 0 Å². The van der Waals surface area contributed by atoms with E-state index in [1.165, 1.54) is 5.57 Å². The Labute approximate surface area is 164 Å². The lowest BCUT2D eigenvalue weighted by molar-refractivity contribution is 0.0306. The molecule has 1 aliphatic rings. The van der Waals surface area contributed by atoms with Gasteiger partial charge in [0.2, 0.25) is 0 Å². The number of guanidine groups is 1.